The van der Waals surface area contributed by atoms with Gasteiger partial charge in [-0.05, 0) is 50.0 Å². The Morgan fingerprint density at radius 2 is 1.65 bits per heavy atom. The van der Waals surface area contributed by atoms with Gasteiger partial charge in [-0.1, -0.05) is 31.0 Å². The third kappa shape index (κ3) is 1.96. The molecule has 1 aromatic rings. The van der Waals surface area contributed by atoms with E-state index in [-0.39, 0.29) is 11.7 Å². The Morgan fingerprint density at radius 3 is 2.40 bits per heavy atom. The highest BCUT2D eigenvalue weighted by atomic mass is 16.5. The lowest BCUT2D eigenvalue weighted by molar-refractivity contribution is -0.0622. The molecule has 0 saturated heterocycles. The first kappa shape index (κ1) is 12.7. The highest BCUT2D eigenvalue weighted by molar-refractivity contribution is 5.38. The number of para-hydroxylation sites is 1. The summed E-state index contributed by atoms with van der Waals surface area (Å²) in [7, 11) is 0. The third-order valence-corrected chi connectivity index (χ3v) is 6.06. The van der Waals surface area contributed by atoms with Gasteiger partial charge in [0.15, 0.2) is 0 Å². The summed E-state index contributed by atoms with van der Waals surface area (Å²) in [6, 6.07) is 8.00. The summed E-state index contributed by atoms with van der Waals surface area (Å²) in [4.78, 5) is 0. The number of aliphatic hydroxyl groups is 1. The summed E-state index contributed by atoms with van der Waals surface area (Å²) in [5, 5.41) is 10.5. The number of hydrogen-bond donors (Lipinski definition) is 1. The highest BCUT2D eigenvalue weighted by Gasteiger charge is 2.48. The molecule has 2 saturated carbocycles. The largest absolute Gasteiger partial charge is 0.487 e. The van der Waals surface area contributed by atoms with Crippen molar-refractivity contribution in [3.63, 3.8) is 0 Å². The Morgan fingerprint density at radius 1 is 0.950 bits per heavy atom. The number of ether oxygens (including phenoxy) is 1. The Kier molecular flexibility index (Phi) is 2.85. The van der Waals surface area contributed by atoms with Gasteiger partial charge in [-0.25, -0.2) is 0 Å². The number of benzene rings is 1. The lowest BCUT2D eigenvalue weighted by atomic mass is 9.65. The molecule has 1 atom stereocenters. The summed E-state index contributed by atoms with van der Waals surface area (Å²) >= 11 is 0. The van der Waals surface area contributed by atoms with E-state index in [0.29, 0.717) is 5.41 Å². The molecule has 3 aliphatic rings. The van der Waals surface area contributed by atoms with Crippen molar-refractivity contribution in [1.29, 1.82) is 0 Å². The number of rotatable bonds is 0. The molecule has 1 aromatic carbocycles. The van der Waals surface area contributed by atoms with Gasteiger partial charge in [0.1, 0.15) is 11.4 Å². The molecule has 2 fully saturated rings. The standard InChI is InChI=1S/C18H24O2/c19-15-13-18(20-16-6-2-1-5-14(15)16)11-9-17(10-12-18)7-3-4-8-17/h1-2,5-6,15,19H,3-4,7-13H2. The first-order chi connectivity index (χ1) is 9.71. The summed E-state index contributed by atoms with van der Waals surface area (Å²) < 4.78 is 6.37. The molecule has 2 nitrogen and oxygen atoms in total. The van der Waals surface area contributed by atoms with Gasteiger partial charge in [0, 0.05) is 12.0 Å². The molecule has 1 N–H and O–H groups in total. The molecule has 1 heterocycles. The highest BCUT2D eigenvalue weighted by Crippen LogP contribution is 2.55. The van der Waals surface area contributed by atoms with Gasteiger partial charge < -0.3 is 9.84 Å². The zero-order valence-corrected chi connectivity index (χ0v) is 12.1. The number of aliphatic hydroxyl groups excluding tert-OH is 1. The zero-order chi connectivity index (χ0) is 13.6. The van der Waals surface area contributed by atoms with Crippen LogP contribution in [0.15, 0.2) is 24.3 Å². The minimum absolute atomic E-state index is 0.0956. The zero-order valence-electron chi connectivity index (χ0n) is 12.1. The van der Waals surface area contributed by atoms with E-state index >= 15 is 0 Å². The average Bonchev–Trinajstić information content (AvgIpc) is 2.92. The van der Waals surface area contributed by atoms with Crippen molar-refractivity contribution < 1.29 is 9.84 Å². The molecule has 0 bridgehead atoms. The Bertz CT molecular complexity index is 492. The Hall–Kier alpha value is -1.02. The van der Waals surface area contributed by atoms with E-state index in [2.05, 4.69) is 0 Å². The molecule has 2 heteroatoms. The van der Waals surface area contributed by atoms with Crippen molar-refractivity contribution in [2.24, 2.45) is 5.41 Å². The quantitative estimate of drug-likeness (QED) is 0.759. The molecule has 1 unspecified atom stereocenters. The number of fused-ring (bicyclic) bond motifs is 1. The maximum Gasteiger partial charge on any atom is 0.125 e. The average molecular weight is 272 g/mol. The van der Waals surface area contributed by atoms with Crippen molar-refractivity contribution in [2.75, 3.05) is 0 Å². The monoisotopic (exact) mass is 272 g/mol. The second kappa shape index (κ2) is 4.49. The van der Waals surface area contributed by atoms with Gasteiger partial charge in [-0.15, -0.1) is 0 Å². The number of hydrogen-bond acceptors (Lipinski definition) is 2. The molecule has 0 aromatic heterocycles. The van der Waals surface area contributed by atoms with Crippen molar-refractivity contribution in [1.82, 2.24) is 0 Å². The molecule has 0 radical (unpaired) electrons. The molecule has 2 spiro atoms. The van der Waals surface area contributed by atoms with Crippen molar-refractivity contribution in [3.8, 4) is 5.75 Å². The summed E-state index contributed by atoms with van der Waals surface area (Å²) in [6.45, 7) is 0. The van der Waals surface area contributed by atoms with E-state index in [4.69, 9.17) is 4.74 Å². The lowest BCUT2D eigenvalue weighted by Gasteiger charge is -2.48. The van der Waals surface area contributed by atoms with Crippen molar-refractivity contribution in [2.45, 2.75) is 69.5 Å². The van der Waals surface area contributed by atoms with E-state index in [9.17, 15) is 5.11 Å². The fourth-order valence-electron chi connectivity index (χ4n) is 4.75. The molecule has 1 aliphatic heterocycles. The first-order valence-electron chi connectivity index (χ1n) is 8.17. The van der Waals surface area contributed by atoms with Crippen LogP contribution in [0.4, 0.5) is 0 Å². The van der Waals surface area contributed by atoms with Crippen LogP contribution >= 0.6 is 0 Å². The molecular formula is C18H24O2. The maximum atomic E-state index is 10.5. The summed E-state index contributed by atoms with van der Waals surface area (Å²) in [6.07, 6.45) is 10.9. The fourth-order valence-corrected chi connectivity index (χ4v) is 4.75. The molecule has 4 rings (SSSR count). The van der Waals surface area contributed by atoms with Crippen LogP contribution in [-0.2, 0) is 0 Å². The van der Waals surface area contributed by atoms with E-state index in [1.165, 1.54) is 38.5 Å². The molecular weight excluding hydrogens is 248 g/mol. The van der Waals surface area contributed by atoms with Gasteiger partial charge >= 0.3 is 0 Å². The Labute approximate surface area is 121 Å². The summed E-state index contributed by atoms with van der Waals surface area (Å²) in [5.41, 5.74) is 1.50. The first-order valence-corrected chi connectivity index (χ1v) is 8.17. The van der Waals surface area contributed by atoms with Gasteiger partial charge in [0.2, 0.25) is 0 Å². The molecule has 0 amide bonds. The Balaban J connectivity index is 1.56. The van der Waals surface area contributed by atoms with Crippen LogP contribution < -0.4 is 4.74 Å². The minimum atomic E-state index is -0.349. The van der Waals surface area contributed by atoms with Crippen LogP contribution in [0.25, 0.3) is 0 Å². The third-order valence-electron chi connectivity index (χ3n) is 6.06. The van der Waals surface area contributed by atoms with E-state index in [1.807, 2.05) is 24.3 Å². The van der Waals surface area contributed by atoms with Crippen molar-refractivity contribution >= 4 is 0 Å². The normalized spacial score (nSPS) is 30.1. The van der Waals surface area contributed by atoms with Crippen LogP contribution in [0.2, 0.25) is 0 Å². The second-order valence-corrected chi connectivity index (χ2v) is 7.25. The summed E-state index contributed by atoms with van der Waals surface area (Å²) in [5.74, 6) is 0.911. The van der Waals surface area contributed by atoms with E-state index < -0.39 is 0 Å². The predicted molar refractivity (Wildman–Crippen MR) is 78.7 cm³/mol. The van der Waals surface area contributed by atoms with Gasteiger partial charge in [0.25, 0.3) is 0 Å². The minimum Gasteiger partial charge on any atom is -0.487 e. The van der Waals surface area contributed by atoms with E-state index in [1.54, 1.807) is 0 Å². The van der Waals surface area contributed by atoms with Gasteiger partial charge in [-0.3, -0.25) is 0 Å². The maximum absolute atomic E-state index is 10.5. The van der Waals surface area contributed by atoms with Gasteiger partial charge in [0.05, 0.1) is 6.10 Å². The lowest BCUT2D eigenvalue weighted by Crippen LogP contribution is -2.46. The molecule has 20 heavy (non-hydrogen) atoms. The smallest absolute Gasteiger partial charge is 0.125 e. The van der Waals surface area contributed by atoms with Crippen LogP contribution in [0.1, 0.15) is 69.5 Å². The van der Waals surface area contributed by atoms with Crippen LogP contribution in [0.5, 0.6) is 5.75 Å². The second-order valence-electron chi connectivity index (χ2n) is 7.25. The van der Waals surface area contributed by atoms with E-state index in [0.717, 1.165) is 30.6 Å². The van der Waals surface area contributed by atoms with Gasteiger partial charge in [-0.2, -0.15) is 0 Å². The predicted octanol–water partition coefficient (Wildman–Crippen LogP) is 4.38. The fraction of sp³-hybridized carbons (Fsp3) is 0.667. The topological polar surface area (TPSA) is 29.5 Å². The van der Waals surface area contributed by atoms with Crippen LogP contribution in [0.3, 0.4) is 0 Å². The molecule has 2 aliphatic carbocycles. The SMILES string of the molecule is OC1CC2(CCC3(CCCC3)CC2)Oc2ccccc21. The van der Waals surface area contributed by atoms with Crippen LogP contribution in [0, 0.1) is 5.41 Å². The van der Waals surface area contributed by atoms with Crippen LogP contribution in [-0.4, -0.2) is 10.7 Å². The van der Waals surface area contributed by atoms with Crippen molar-refractivity contribution in [3.05, 3.63) is 29.8 Å². The molecule has 108 valence electrons.